The summed E-state index contributed by atoms with van der Waals surface area (Å²) in [6, 6.07) is 12.4. The van der Waals surface area contributed by atoms with E-state index in [0.717, 1.165) is 16.8 Å². The van der Waals surface area contributed by atoms with Crippen molar-refractivity contribution in [3.05, 3.63) is 91.8 Å². The molecule has 0 spiro atoms. The molecule has 194 valence electrons. The van der Waals surface area contributed by atoms with Crippen molar-refractivity contribution in [2.75, 3.05) is 6.61 Å². The van der Waals surface area contributed by atoms with Gasteiger partial charge in [0.2, 0.25) is 0 Å². The molecule has 0 amide bonds. The van der Waals surface area contributed by atoms with E-state index in [9.17, 15) is 19.7 Å². The van der Waals surface area contributed by atoms with E-state index in [0.29, 0.717) is 29.7 Å². The van der Waals surface area contributed by atoms with Gasteiger partial charge in [-0.1, -0.05) is 49.7 Å². The summed E-state index contributed by atoms with van der Waals surface area (Å²) in [4.78, 5) is 38.0. The molecule has 1 heterocycles. The van der Waals surface area contributed by atoms with Crippen molar-refractivity contribution in [1.82, 2.24) is 5.32 Å². The highest BCUT2D eigenvalue weighted by atomic mass is 16.6. The predicted molar refractivity (Wildman–Crippen MR) is 139 cm³/mol. The molecule has 0 saturated heterocycles. The fraction of sp³-hybridized carbons (Fsp3) is 0.379. The second-order valence-corrected chi connectivity index (χ2v) is 10.4. The smallest absolute Gasteiger partial charge is 0.336 e. The molecular weight excluding hydrogens is 472 g/mol. The molecule has 8 heteroatoms. The number of nitro groups is 1. The first-order chi connectivity index (χ1) is 17.5. The number of carbonyl (C=O) groups is 2. The van der Waals surface area contributed by atoms with Crippen molar-refractivity contribution in [3.63, 3.8) is 0 Å². The number of ketones is 1. The fourth-order valence-electron chi connectivity index (χ4n) is 5.07. The Kier molecular flexibility index (Phi) is 7.21. The summed E-state index contributed by atoms with van der Waals surface area (Å²) in [6.07, 6.45) is 0.941. The number of dihydropyridines is 1. The summed E-state index contributed by atoms with van der Waals surface area (Å²) in [5, 5.41) is 15.3. The number of ether oxygens (including phenoxy) is 2. The molecule has 1 aliphatic carbocycles. The second kappa shape index (κ2) is 10.2. The van der Waals surface area contributed by atoms with Gasteiger partial charge < -0.3 is 14.8 Å². The average molecular weight is 505 g/mol. The second-order valence-electron chi connectivity index (χ2n) is 10.4. The Morgan fingerprint density at radius 1 is 1.14 bits per heavy atom. The highest BCUT2D eigenvalue weighted by molar-refractivity contribution is 6.04. The van der Waals surface area contributed by atoms with Crippen molar-refractivity contribution < 1.29 is 24.0 Å². The van der Waals surface area contributed by atoms with Crippen LogP contribution < -0.4 is 10.1 Å². The highest BCUT2D eigenvalue weighted by Crippen LogP contribution is 2.47. The standard InChI is InChI=1S/C29H32N2O6/c1-6-36-28(33)25-18(3)30-21-14-29(4,5)15-23(32)27(21)26(25)20-11-12-24(22(13-20)31(34)35)37-16-19-9-7-17(2)8-10-19/h7-13,26,30H,6,14-16H2,1-5H3/t26-/m0/s1. The zero-order valence-electron chi connectivity index (χ0n) is 21.8. The first-order valence-electron chi connectivity index (χ1n) is 12.4. The number of nitrogens with zero attached hydrogens (tertiary/aromatic N) is 1. The van der Waals surface area contributed by atoms with Gasteiger partial charge in [0.15, 0.2) is 11.5 Å². The third-order valence-electron chi connectivity index (χ3n) is 6.76. The lowest BCUT2D eigenvalue weighted by molar-refractivity contribution is -0.386. The van der Waals surface area contributed by atoms with Crippen molar-refractivity contribution >= 4 is 17.4 Å². The number of nitrogens with one attached hydrogen (secondary N) is 1. The quantitative estimate of drug-likeness (QED) is 0.295. The monoisotopic (exact) mass is 504 g/mol. The number of esters is 1. The van der Waals surface area contributed by atoms with Crippen LogP contribution in [-0.4, -0.2) is 23.3 Å². The van der Waals surface area contributed by atoms with Gasteiger partial charge >= 0.3 is 11.7 Å². The first kappa shape index (κ1) is 26.1. The van der Waals surface area contributed by atoms with Crippen molar-refractivity contribution in [2.24, 2.45) is 5.41 Å². The van der Waals surface area contributed by atoms with Gasteiger partial charge in [0, 0.05) is 35.4 Å². The van der Waals surface area contributed by atoms with E-state index in [1.54, 1.807) is 26.0 Å². The van der Waals surface area contributed by atoms with Gasteiger partial charge in [0.05, 0.1) is 17.1 Å². The number of allylic oxidation sites excluding steroid dienone is 3. The lowest BCUT2D eigenvalue weighted by Crippen LogP contribution is -2.38. The molecule has 1 N–H and O–H groups in total. The SMILES string of the molecule is CCOC(=O)C1=C(C)NC2=C(C(=O)CC(C)(C)C2)[C@H]1c1ccc(OCc2ccc(C)cc2)c([N+](=O)[O-])c1. The Hall–Kier alpha value is -3.94. The van der Waals surface area contributed by atoms with Gasteiger partial charge in [0.25, 0.3) is 0 Å². The van der Waals surface area contributed by atoms with Crippen LogP contribution in [0.15, 0.2) is 65.0 Å². The molecule has 0 bridgehead atoms. The number of benzene rings is 2. The fourth-order valence-corrected chi connectivity index (χ4v) is 5.07. The Balaban J connectivity index is 1.78. The molecule has 0 saturated carbocycles. The number of rotatable bonds is 7. The van der Waals surface area contributed by atoms with Gasteiger partial charge in [-0.3, -0.25) is 14.9 Å². The Bertz CT molecular complexity index is 1320. The summed E-state index contributed by atoms with van der Waals surface area (Å²) in [5.74, 6) is -1.29. The largest absolute Gasteiger partial charge is 0.482 e. The molecule has 1 atom stereocenters. The van der Waals surface area contributed by atoms with Crippen LogP contribution >= 0.6 is 0 Å². The number of hydrogen-bond donors (Lipinski definition) is 1. The number of aryl methyl sites for hydroxylation is 1. The van der Waals surface area contributed by atoms with E-state index in [4.69, 9.17) is 9.47 Å². The van der Waals surface area contributed by atoms with Crippen LogP contribution in [0.4, 0.5) is 5.69 Å². The van der Waals surface area contributed by atoms with E-state index in [1.165, 1.54) is 6.07 Å². The van der Waals surface area contributed by atoms with Crippen molar-refractivity contribution in [2.45, 2.75) is 60.0 Å². The molecule has 0 radical (unpaired) electrons. The summed E-state index contributed by atoms with van der Waals surface area (Å²) in [5.41, 5.74) is 4.08. The maximum Gasteiger partial charge on any atom is 0.336 e. The molecule has 8 nitrogen and oxygen atoms in total. The van der Waals surface area contributed by atoms with Crippen LogP contribution in [0, 0.1) is 22.5 Å². The number of hydrogen-bond acceptors (Lipinski definition) is 7. The summed E-state index contributed by atoms with van der Waals surface area (Å²) in [7, 11) is 0. The van der Waals surface area contributed by atoms with Gasteiger partial charge in [-0.15, -0.1) is 0 Å². The van der Waals surface area contributed by atoms with Crippen LogP contribution in [0.5, 0.6) is 5.75 Å². The third kappa shape index (κ3) is 5.43. The first-order valence-corrected chi connectivity index (χ1v) is 12.4. The number of carbonyl (C=O) groups excluding carboxylic acids is 2. The van der Waals surface area contributed by atoms with Crippen LogP contribution in [-0.2, 0) is 20.9 Å². The van der Waals surface area contributed by atoms with Crippen LogP contribution in [0.2, 0.25) is 0 Å². The highest BCUT2D eigenvalue weighted by Gasteiger charge is 2.43. The third-order valence-corrected chi connectivity index (χ3v) is 6.76. The summed E-state index contributed by atoms with van der Waals surface area (Å²) >= 11 is 0. The summed E-state index contributed by atoms with van der Waals surface area (Å²) in [6.45, 7) is 9.85. The molecule has 2 aromatic carbocycles. The van der Waals surface area contributed by atoms with E-state index >= 15 is 0 Å². The maximum atomic E-state index is 13.4. The predicted octanol–water partition coefficient (Wildman–Crippen LogP) is 5.65. The van der Waals surface area contributed by atoms with Gasteiger partial charge in [-0.25, -0.2) is 4.79 Å². The van der Waals surface area contributed by atoms with E-state index in [2.05, 4.69) is 5.32 Å². The lowest BCUT2D eigenvalue weighted by atomic mass is 9.68. The molecule has 4 rings (SSSR count). The van der Waals surface area contributed by atoms with Crippen molar-refractivity contribution in [1.29, 1.82) is 0 Å². The lowest BCUT2D eigenvalue weighted by Gasteiger charge is -2.39. The number of nitro benzene ring substituents is 1. The molecule has 37 heavy (non-hydrogen) atoms. The van der Waals surface area contributed by atoms with Crippen LogP contribution in [0.3, 0.4) is 0 Å². The molecule has 0 fully saturated rings. The Labute approximate surface area is 216 Å². The normalized spacial score (nSPS) is 18.7. The van der Waals surface area contributed by atoms with Crippen LogP contribution in [0.25, 0.3) is 0 Å². The molecule has 2 aromatic rings. The molecule has 0 aromatic heterocycles. The Morgan fingerprint density at radius 2 is 1.84 bits per heavy atom. The Morgan fingerprint density at radius 3 is 2.49 bits per heavy atom. The molecule has 1 aliphatic heterocycles. The summed E-state index contributed by atoms with van der Waals surface area (Å²) < 4.78 is 11.1. The average Bonchev–Trinajstić information content (AvgIpc) is 2.82. The topological polar surface area (TPSA) is 108 Å². The zero-order chi connectivity index (χ0) is 26.9. The minimum atomic E-state index is -0.774. The van der Waals surface area contributed by atoms with E-state index in [1.807, 2.05) is 45.0 Å². The van der Waals surface area contributed by atoms with E-state index < -0.39 is 16.8 Å². The minimum Gasteiger partial charge on any atom is -0.482 e. The zero-order valence-corrected chi connectivity index (χ0v) is 21.8. The molecule has 0 unspecified atom stereocenters. The van der Waals surface area contributed by atoms with Gasteiger partial charge in [-0.05, 0) is 49.8 Å². The van der Waals surface area contributed by atoms with Crippen LogP contribution in [0.1, 0.15) is 63.1 Å². The van der Waals surface area contributed by atoms with Crippen molar-refractivity contribution in [3.8, 4) is 5.75 Å². The van der Waals surface area contributed by atoms with Gasteiger partial charge in [0.1, 0.15) is 6.61 Å². The molecule has 2 aliphatic rings. The number of Topliss-reactive ketones (excluding diaryl/α,β-unsaturated/α-hetero) is 1. The molecular formula is C29H32N2O6. The van der Waals surface area contributed by atoms with E-state index in [-0.39, 0.29) is 41.4 Å². The van der Waals surface area contributed by atoms with Gasteiger partial charge in [-0.2, -0.15) is 0 Å². The maximum absolute atomic E-state index is 13.4. The minimum absolute atomic E-state index is 0.0830.